The Bertz CT molecular complexity index is 267. The SMILES string of the molecule is CN1CCN(C)C1=N[N+]=C1N(C)CCN1C. The maximum Gasteiger partial charge on any atom is 0.412 e. The molecule has 6 nitrogen and oxygen atoms in total. The van der Waals surface area contributed by atoms with E-state index in [1.165, 1.54) is 0 Å². The van der Waals surface area contributed by atoms with Crippen LogP contribution in [0.4, 0.5) is 0 Å². The molecule has 89 valence electrons. The van der Waals surface area contributed by atoms with Crippen LogP contribution in [0, 0.1) is 0 Å². The molecule has 2 heterocycles. The van der Waals surface area contributed by atoms with Crippen molar-refractivity contribution in [1.82, 2.24) is 24.7 Å². The zero-order valence-electron chi connectivity index (χ0n) is 10.5. The number of hydrogen-bond acceptors (Lipinski definition) is 2. The van der Waals surface area contributed by atoms with E-state index < -0.39 is 0 Å². The van der Waals surface area contributed by atoms with Gasteiger partial charge in [0.05, 0.1) is 27.2 Å². The summed E-state index contributed by atoms with van der Waals surface area (Å²) in [6, 6.07) is 0. The smallest absolute Gasteiger partial charge is 0.341 e. The molecule has 0 spiro atoms. The lowest BCUT2D eigenvalue weighted by atomic mass is 10.6. The van der Waals surface area contributed by atoms with Crippen molar-refractivity contribution in [2.75, 3.05) is 54.4 Å². The van der Waals surface area contributed by atoms with Gasteiger partial charge in [-0.15, -0.1) is 0 Å². The highest BCUT2D eigenvalue weighted by Gasteiger charge is 2.30. The third-order valence-corrected chi connectivity index (χ3v) is 3.14. The van der Waals surface area contributed by atoms with Crippen LogP contribution in [0.3, 0.4) is 0 Å². The van der Waals surface area contributed by atoms with E-state index in [1.807, 2.05) is 28.2 Å². The molecule has 6 heteroatoms. The minimum Gasteiger partial charge on any atom is -0.341 e. The average Bonchev–Trinajstić information content (AvgIpc) is 2.72. The van der Waals surface area contributed by atoms with Crippen LogP contribution < -0.4 is 5.10 Å². The van der Waals surface area contributed by atoms with Gasteiger partial charge in [-0.3, -0.25) is 9.80 Å². The molecular formula is C10H20N6+. The summed E-state index contributed by atoms with van der Waals surface area (Å²) in [6.45, 7) is 4.08. The van der Waals surface area contributed by atoms with Gasteiger partial charge in [0, 0.05) is 32.3 Å². The zero-order valence-corrected chi connectivity index (χ0v) is 10.5. The maximum atomic E-state index is 4.34. The molecule has 2 aliphatic heterocycles. The molecular weight excluding hydrogens is 204 g/mol. The molecule has 0 atom stereocenters. The fraction of sp³-hybridized carbons (Fsp3) is 0.800. The second-order valence-corrected chi connectivity index (χ2v) is 4.49. The van der Waals surface area contributed by atoms with E-state index in [0.29, 0.717) is 0 Å². The van der Waals surface area contributed by atoms with Crippen molar-refractivity contribution in [3.8, 4) is 0 Å². The fourth-order valence-corrected chi connectivity index (χ4v) is 1.98. The standard InChI is InChI=1S/C10H20N6/c1-13-5-6-14(2)9(13)11-12-10-15(3)7-8-16(10)4/h5-8H2,1-4H3/q+1. The lowest BCUT2D eigenvalue weighted by Gasteiger charge is -2.12. The Labute approximate surface area is 96.8 Å². The lowest BCUT2D eigenvalue weighted by Crippen LogP contribution is -2.34. The third kappa shape index (κ3) is 1.91. The molecule has 0 N–H and O–H groups in total. The summed E-state index contributed by atoms with van der Waals surface area (Å²) in [5, 5.41) is 8.68. The van der Waals surface area contributed by atoms with Crippen molar-refractivity contribution in [2.24, 2.45) is 5.10 Å². The summed E-state index contributed by atoms with van der Waals surface area (Å²) in [7, 11) is 8.18. The van der Waals surface area contributed by atoms with Gasteiger partial charge in [0.2, 0.25) is 5.96 Å². The van der Waals surface area contributed by atoms with Crippen LogP contribution in [0.5, 0.6) is 0 Å². The molecule has 2 rings (SSSR count). The molecule has 0 unspecified atom stereocenters. The average molecular weight is 224 g/mol. The Balaban J connectivity index is 2.15. The number of guanidine groups is 2. The van der Waals surface area contributed by atoms with E-state index in [4.69, 9.17) is 0 Å². The van der Waals surface area contributed by atoms with Crippen molar-refractivity contribution in [3.63, 3.8) is 0 Å². The highest BCUT2D eigenvalue weighted by Crippen LogP contribution is 2.03. The molecule has 2 fully saturated rings. The largest absolute Gasteiger partial charge is 0.412 e. The van der Waals surface area contributed by atoms with Gasteiger partial charge < -0.3 is 9.80 Å². The van der Waals surface area contributed by atoms with Crippen LogP contribution >= 0.6 is 0 Å². The molecule has 0 bridgehead atoms. The molecule has 0 aromatic carbocycles. The minimum atomic E-state index is 0.946. The Kier molecular flexibility index (Phi) is 2.89. The van der Waals surface area contributed by atoms with Crippen molar-refractivity contribution < 1.29 is 0 Å². The zero-order chi connectivity index (χ0) is 11.7. The summed E-state index contributed by atoms with van der Waals surface area (Å²) < 4.78 is 0. The fourth-order valence-electron chi connectivity index (χ4n) is 1.98. The van der Waals surface area contributed by atoms with Crippen LogP contribution in [0.25, 0.3) is 0 Å². The monoisotopic (exact) mass is 224 g/mol. The van der Waals surface area contributed by atoms with Gasteiger partial charge >= 0.3 is 5.96 Å². The van der Waals surface area contributed by atoms with Crippen molar-refractivity contribution in [1.29, 1.82) is 0 Å². The van der Waals surface area contributed by atoms with E-state index in [2.05, 4.69) is 29.8 Å². The summed E-state index contributed by atoms with van der Waals surface area (Å²) in [5.74, 6) is 1.89. The number of nitrogens with zero attached hydrogens (tertiary/aromatic N) is 6. The molecule has 0 amide bonds. The molecule has 0 aliphatic carbocycles. The Morgan fingerprint density at radius 3 is 1.75 bits per heavy atom. The number of likely N-dealkylation sites (N-methyl/N-ethyl adjacent to an activating group) is 4. The second-order valence-electron chi connectivity index (χ2n) is 4.49. The molecule has 2 saturated heterocycles. The van der Waals surface area contributed by atoms with Gasteiger partial charge in [-0.25, -0.2) is 0 Å². The van der Waals surface area contributed by atoms with E-state index in [-0.39, 0.29) is 0 Å². The number of rotatable bonds is 1. The predicted molar refractivity (Wildman–Crippen MR) is 65.1 cm³/mol. The lowest BCUT2D eigenvalue weighted by molar-refractivity contribution is 0.545. The van der Waals surface area contributed by atoms with Crippen molar-refractivity contribution in [3.05, 3.63) is 0 Å². The summed E-state index contributed by atoms with van der Waals surface area (Å²) in [5.41, 5.74) is 0. The summed E-state index contributed by atoms with van der Waals surface area (Å²) >= 11 is 0. The van der Waals surface area contributed by atoms with Gasteiger partial charge in [0.15, 0.2) is 0 Å². The molecule has 0 saturated carbocycles. The van der Waals surface area contributed by atoms with E-state index in [0.717, 1.165) is 38.1 Å². The molecule has 0 aromatic heterocycles. The van der Waals surface area contributed by atoms with Crippen LogP contribution in [-0.2, 0) is 0 Å². The highest BCUT2D eigenvalue weighted by atomic mass is 15.5. The Morgan fingerprint density at radius 1 is 0.812 bits per heavy atom. The van der Waals surface area contributed by atoms with Gasteiger partial charge in [-0.1, -0.05) is 0 Å². The van der Waals surface area contributed by atoms with E-state index in [1.54, 1.807) is 0 Å². The normalized spacial score (nSPS) is 21.2. The highest BCUT2D eigenvalue weighted by molar-refractivity contribution is 5.84. The number of hydrogen-bond donors (Lipinski definition) is 0. The molecule has 2 aliphatic rings. The van der Waals surface area contributed by atoms with E-state index in [9.17, 15) is 0 Å². The van der Waals surface area contributed by atoms with Crippen LogP contribution in [0.1, 0.15) is 0 Å². The van der Waals surface area contributed by atoms with Crippen LogP contribution in [-0.4, -0.2) is 85.9 Å². The van der Waals surface area contributed by atoms with Gasteiger partial charge in [-0.05, 0) is 5.10 Å². The topological polar surface area (TPSA) is 39.4 Å². The first-order valence-electron chi connectivity index (χ1n) is 5.60. The summed E-state index contributed by atoms with van der Waals surface area (Å²) in [4.78, 5) is 8.50. The summed E-state index contributed by atoms with van der Waals surface area (Å²) in [6.07, 6.45) is 0. The molecule has 0 aromatic rings. The van der Waals surface area contributed by atoms with Gasteiger partial charge in [-0.2, -0.15) is 0 Å². The first-order chi connectivity index (χ1) is 7.59. The first kappa shape index (κ1) is 11.0. The second kappa shape index (κ2) is 4.19. The van der Waals surface area contributed by atoms with Crippen molar-refractivity contribution in [2.45, 2.75) is 0 Å². The van der Waals surface area contributed by atoms with Gasteiger partial charge in [0.1, 0.15) is 0 Å². The Morgan fingerprint density at radius 2 is 1.25 bits per heavy atom. The minimum absolute atomic E-state index is 0.946. The molecule has 1 radical (unpaired) electrons. The maximum absolute atomic E-state index is 4.34. The van der Waals surface area contributed by atoms with Gasteiger partial charge in [0.25, 0.3) is 0 Å². The predicted octanol–water partition coefficient (Wildman–Crippen LogP) is -1.30. The third-order valence-electron chi connectivity index (χ3n) is 3.14. The van der Waals surface area contributed by atoms with Crippen LogP contribution in [0.2, 0.25) is 0 Å². The Hall–Kier alpha value is -1.46. The van der Waals surface area contributed by atoms with Crippen LogP contribution in [0.15, 0.2) is 5.10 Å². The quantitative estimate of drug-likeness (QED) is 0.519. The van der Waals surface area contributed by atoms with Crippen molar-refractivity contribution >= 4 is 11.9 Å². The van der Waals surface area contributed by atoms with E-state index >= 15 is 0 Å². The molecule has 16 heavy (non-hydrogen) atoms. The first-order valence-corrected chi connectivity index (χ1v) is 5.60.